The average molecular weight is 402 g/mol. The predicted octanol–water partition coefficient (Wildman–Crippen LogP) is 5.53. The standard InChI is InChI=1S/C22H27NO2S2/c1-17-5-7-20(8-6-17)26-14-11-22(24)23-19-4-2-3-18(15-19)16-27-21-9-12-25-13-10-21/h2-8,15,21H,9-14,16H2,1H3,(H,23,24). The van der Waals surface area contributed by atoms with E-state index in [1.807, 2.05) is 23.9 Å². The molecule has 3 rings (SSSR count). The van der Waals surface area contributed by atoms with E-state index < -0.39 is 0 Å². The van der Waals surface area contributed by atoms with Crippen molar-refractivity contribution in [3.63, 3.8) is 0 Å². The second-order valence-electron chi connectivity index (χ2n) is 6.78. The molecule has 0 bridgehead atoms. The number of nitrogens with one attached hydrogen (secondary N) is 1. The summed E-state index contributed by atoms with van der Waals surface area (Å²) in [6, 6.07) is 16.6. The highest BCUT2D eigenvalue weighted by Gasteiger charge is 2.14. The third kappa shape index (κ3) is 7.24. The summed E-state index contributed by atoms with van der Waals surface area (Å²) in [6.07, 6.45) is 2.79. The molecule has 2 aromatic carbocycles. The molecule has 1 aliphatic heterocycles. The van der Waals surface area contributed by atoms with Crippen LogP contribution < -0.4 is 5.32 Å². The topological polar surface area (TPSA) is 38.3 Å². The summed E-state index contributed by atoms with van der Waals surface area (Å²) in [5.41, 5.74) is 3.41. The molecule has 0 atom stereocenters. The Morgan fingerprint density at radius 1 is 1.15 bits per heavy atom. The Labute approximate surface area is 170 Å². The van der Waals surface area contributed by atoms with Crippen LogP contribution in [0.5, 0.6) is 0 Å². The van der Waals surface area contributed by atoms with Crippen molar-refractivity contribution in [2.24, 2.45) is 0 Å². The SMILES string of the molecule is Cc1ccc(SCCC(=O)Nc2cccc(CSC3CCOCC3)c2)cc1. The maximum Gasteiger partial charge on any atom is 0.225 e. The van der Waals surface area contributed by atoms with Gasteiger partial charge >= 0.3 is 0 Å². The van der Waals surface area contributed by atoms with Crippen molar-refractivity contribution in [3.8, 4) is 0 Å². The van der Waals surface area contributed by atoms with E-state index in [0.717, 1.165) is 43.2 Å². The highest BCUT2D eigenvalue weighted by atomic mass is 32.2. The van der Waals surface area contributed by atoms with Crippen molar-refractivity contribution in [1.82, 2.24) is 0 Å². The van der Waals surface area contributed by atoms with Gasteiger partial charge in [-0.05, 0) is 49.6 Å². The van der Waals surface area contributed by atoms with E-state index >= 15 is 0 Å². The van der Waals surface area contributed by atoms with Gasteiger partial charge in [-0.1, -0.05) is 29.8 Å². The summed E-state index contributed by atoms with van der Waals surface area (Å²) >= 11 is 3.72. The van der Waals surface area contributed by atoms with E-state index in [4.69, 9.17) is 4.74 Å². The summed E-state index contributed by atoms with van der Waals surface area (Å²) in [5, 5.41) is 3.72. The van der Waals surface area contributed by atoms with Crippen LogP contribution in [0.4, 0.5) is 5.69 Å². The first-order valence-electron chi connectivity index (χ1n) is 9.46. The third-order valence-electron chi connectivity index (χ3n) is 4.48. The zero-order valence-corrected chi connectivity index (χ0v) is 17.4. The molecule has 1 heterocycles. The van der Waals surface area contributed by atoms with Gasteiger partial charge in [-0.2, -0.15) is 11.8 Å². The van der Waals surface area contributed by atoms with Gasteiger partial charge in [-0.3, -0.25) is 4.79 Å². The van der Waals surface area contributed by atoms with E-state index in [0.29, 0.717) is 11.7 Å². The number of rotatable bonds is 8. The largest absolute Gasteiger partial charge is 0.381 e. The number of benzene rings is 2. The van der Waals surface area contributed by atoms with Crippen molar-refractivity contribution < 1.29 is 9.53 Å². The van der Waals surface area contributed by atoms with E-state index in [1.54, 1.807) is 11.8 Å². The van der Waals surface area contributed by atoms with Gasteiger partial charge in [-0.25, -0.2) is 0 Å². The molecule has 0 aromatic heterocycles. The molecule has 0 unspecified atom stereocenters. The van der Waals surface area contributed by atoms with Crippen LogP contribution in [-0.4, -0.2) is 30.1 Å². The zero-order chi connectivity index (χ0) is 18.9. The molecular formula is C22H27NO2S2. The van der Waals surface area contributed by atoms with Crippen molar-refractivity contribution in [1.29, 1.82) is 0 Å². The first-order valence-corrected chi connectivity index (χ1v) is 11.5. The minimum atomic E-state index is 0.0730. The fraction of sp³-hybridized carbons (Fsp3) is 0.409. The molecule has 27 heavy (non-hydrogen) atoms. The van der Waals surface area contributed by atoms with Crippen LogP contribution in [0.3, 0.4) is 0 Å². The van der Waals surface area contributed by atoms with Crippen LogP contribution in [0.1, 0.15) is 30.4 Å². The molecule has 144 valence electrons. The molecule has 3 nitrogen and oxygen atoms in total. The van der Waals surface area contributed by atoms with Crippen LogP contribution in [0.25, 0.3) is 0 Å². The van der Waals surface area contributed by atoms with E-state index in [9.17, 15) is 4.79 Å². The Kier molecular flexibility index (Phi) is 8.11. The normalized spacial score (nSPS) is 14.9. The van der Waals surface area contributed by atoms with Gasteiger partial charge in [0.15, 0.2) is 0 Å². The predicted molar refractivity (Wildman–Crippen MR) is 117 cm³/mol. The number of amides is 1. The fourth-order valence-corrected chi connectivity index (χ4v) is 4.90. The number of aryl methyl sites for hydroxylation is 1. The van der Waals surface area contributed by atoms with E-state index in [2.05, 4.69) is 48.6 Å². The highest BCUT2D eigenvalue weighted by Crippen LogP contribution is 2.26. The van der Waals surface area contributed by atoms with E-state index in [-0.39, 0.29) is 5.91 Å². The number of ether oxygens (including phenoxy) is 1. The number of carbonyl (C=O) groups is 1. The lowest BCUT2D eigenvalue weighted by atomic mass is 10.2. The van der Waals surface area contributed by atoms with Gasteiger partial charge in [0.05, 0.1) is 0 Å². The Bertz CT molecular complexity index is 727. The number of hydrogen-bond donors (Lipinski definition) is 1. The molecule has 0 radical (unpaired) electrons. The first-order chi connectivity index (χ1) is 13.2. The lowest BCUT2D eigenvalue weighted by molar-refractivity contribution is -0.115. The molecule has 1 aliphatic rings. The lowest BCUT2D eigenvalue weighted by Crippen LogP contribution is -2.17. The number of anilines is 1. The quantitative estimate of drug-likeness (QED) is 0.590. The van der Waals surface area contributed by atoms with Crippen LogP contribution in [-0.2, 0) is 15.3 Å². The van der Waals surface area contributed by atoms with Gasteiger partial charge in [0.2, 0.25) is 5.91 Å². The van der Waals surface area contributed by atoms with Crippen LogP contribution in [0, 0.1) is 6.92 Å². The highest BCUT2D eigenvalue weighted by molar-refractivity contribution is 7.99. The van der Waals surface area contributed by atoms with Gasteiger partial charge in [0.1, 0.15) is 0 Å². The van der Waals surface area contributed by atoms with Crippen molar-refractivity contribution in [2.45, 2.75) is 42.1 Å². The third-order valence-corrected chi connectivity index (χ3v) is 6.94. The molecule has 0 spiro atoms. The number of carbonyl (C=O) groups excluding carboxylic acids is 1. The second-order valence-corrected chi connectivity index (χ2v) is 9.24. The molecule has 1 N–H and O–H groups in total. The Hall–Kier alpha value is -1.43. The molecule has 1 saturated heterocycles. The van der Waals surface area contributed by atoms with Gasteiger partial charge in [-0.15, -0.1) is 11.8 Å². The van der Waals surface area contributed by atoms with E-state index in [1.165, 1.54) is 16.0 Å². The fourth-order valence-electron chi connectivity index (χ4n) is 2.92. The maximum absolute atomic E-state index is 12.2. The molecule has 5 heteroatoms. The Morgan fingerprint density at radius 2 is 1.93 bits per heavy atom. The number of hydrogen-bond acceptors (Lipinski definition) is 4. The maximum atomic E-state index is 12.2. The smallest absolute Gasteiger partial charge is 0.225 e. The number of thioether (sulfide) groups is 2. The summed E-state index contributed by atoms with van der Waals surface area (Å²) < 4.78 is 5.42. The first kappa shape index (κ1) is 20.3. The summed E-state index contributed by atoms with van der Waals surface area (Å²) in [7, 11) is 0. The summed E-state index contributed by atoms with van der Waals surface area (Å²) in [4.78, 5) is 13.4. The molecule has 1 fully saturated rings. The lowest BCUT2D eigenvalue weighted by Gasteiger charge is -2.21. The average Bonchev–Trinajstić information content (AvgIpc) is 2.69. The monoisotopic (exact) mass is 401 g/mol. The Balaban J connectivity index is 1.41. The van der Waals surface area contributed by atoms with Gasteiger partial charge < -0.3 is 10.1 Å². The Morgan fingerprint density at radius 3 is 2.70 bits per heavy atom. The van der Waals surface area contributed by atoms with Gasteiger partial charge in [0, 0.05) is 47.0 Å². The van der Waals surface area contributed by atoms with Crippen LogP contribution >= 0.6 is 23.5 Å². The summed E-state index contributed by atoms with van der Waals surface area (Å²) in [6.45, 7) is 3.85. The van der Waals surface area contributed by atoms with Crippen molar-refractivity contribution >= 4 is 35.1 Å². The van der Waals surface area contributed by atoms with Crippen LogP contribution in [0.2, 0.25) is 0 Å². The minimum absolute atomic E-state index is 0.0730. The van der Waals surface area contributed by atoms with Crippen molar-refractivity contribution in [3.05, 3.63) is 59.7 Å². The van der Waals surface area contributed by atoms with Crippen LogP contribution in [0.15, 0.2) is 53.4 Å². The van der Waals surface area contributed by atoms with Crippen molar-refractivity contribution in [2.75, 3.05) is 24.3 Å². The molecule has 0 saturated carbocycles. The molecule has 2 aromatic rings. The minimum Gasteiger partial charge on any atom is -0.381 e. The molecule has 0 aliphatic carbocycles. The molecule has 1 amide bonds. The van der Waals surface area contributed by atoms with Gasteiger partial charge in [0.25, 0.3) is 0 Å². The summed E-state index contributed by atoms with van der Waals surface area (Å²) in [5.74, 6) is 1.84. The zero-order valence-electron chi connectivity index (χ0n) is 15.8. The molecular weight excluding hydrogens is 374 g/mol. The second kappa shape index (κ2) is 10.8.